The van der Waals surface area contributed by atoms with Crippen molar-refractivity contribution in [3.63, 3.8) is 0 Å². The highest BCUT2D eigenvalue weighted by molar-refractivity contribution is 7.22. The van der Waals surface area contributed by atoms with Gasteiger partial charge in [0.2, 0.25) is 0 Å². The summed E-state index contributed by atoms with van der Waals surface area (Å²) in [6, 6.07) is 23.3. The summed E-state index contributed by atoms with van der Waals surface area (Å²) < 4.78 is 0.956. The molecule has 0 saturated heterocycles. The quantitative estimate of drug-likeness (QED) is 0.374. The van der Waals surface area contributed by atoms with Crippen molar-refractivity contribution in [2.75, 3.05) is 4.90 Å². The van der Waals surface area contributed by atoms with Crippen molar-refractivity contribution >= 4 is 55.1 Å². The molecule has 0 aliphatic carbocycles. The van der Waals surface area contributed by atoms with E-state index in [9.17, 15) is 4.79 Å². The van der Waals surface area contributed by atoms with Crippen molar-refractivity contribution in [3.8, 4) is 0 Å². The Bertz CT molecular complexity index is 1330. The number of hydrogen-bond donors (Lipinski definition) is 1. The van der Waals surface area contributed by atoms with Crippen molar-refractivity contribution in [2.24, 2.45) is 0 Å². The fourth-order valence-corrected chi connectivity index (χ4v) is 4.63. The lowest BCUT2D eigenvalue weighted by Gasteiger charge is -2.20. The molecule has 0 fully saturated rings. The summed E-state index contributed by atoms with van der Waals surface area (Å²) in [6.45, 7) is 0.437. The summed E-state index contributed by atoms with van der Waals surface area (Å²) in [4.78, 5) is 23.3. The minimum atomic E-state index is -0.0866. The van der Waals surface area contributed by atoms with E-state index in [2.05, 4.69) is 4.98 Å². The Balaban J connectivity index is 1.61. The highest BCUT2D eigenvalue weighted by atomic mass is 35.5. The Morgan fingerprint density at radius 3 is 2.69 bits per heavy atom. The highest BCUT2D eigenvalue weighted by Gasteiger charge is 2.24. The summed E-state index contributed by atoms with van der Waals surface area (Å²) in [5.41, 5.74) is 3.44. The third-order valence-corrected chi connectivity index (χ3v) is 6.09. The monoisotopic (exact) mass is 417 g/mol. The average molecular weight is 418 g/mol. The fourth-order valence-electron chi connectivity index (χ4n) is 3.39. The van der Waals surface area contributed by atoms with Crippen molar-refractivity contribution < 1.29 is 4.79 Å². The molecule has 0 bridgehead atoms. The van der Waals surface area contributed by atoms with Crippen LogP contribution in [0.2, 0.25) is 5.02 Å². The van der Waals surface area contributed by atoms with E-state index in [0.717, 1.165) is 26.7 Å². The van der Waals surface area contributed by atoms with Crippen LogP contribution < -0.4 is 4.90 Å². The van der Waals surface area contributed by atoms with Crippen molar-refractivity contribution in [2.45, 2.75) is 6.54 Å². The van der Waals surface area contributed by atoms with E-state index in [4.69, 9.17) is 16.6 Å². The maximum absolute atomic E-state index is 13.6. The lowest BCUT2D eigenvalue weighted by Crippen LogP contribution is -2.30. The number of H-pyrrole nitrogens is 1. The number of benzene rings is 3. The molecule has 5 aromatic rings. The van der Waals surface area contributed by atoms with E-state index in [0.29, 0.717) is 22.3 Å². The van der Waals surface area contributed by atoms with Gasteiger partial charge in [0.1, 0.15) is 0 Å². The Morgan fingerprint density at radius 2 is 1.83 bits per heavy atom. The number of halogens is 1. The minimum absolute atomic E-state index is 0.0866. The summed E-state index contributed by atoms with van der Waals surface area (Å²) in [5, 5.41) is 2.21. The van der Waals surface area contributed by atoms with Gasteiger partial charge in [0, 0.05) is 22.1 Å². The number of carbonyl (C=O) groups excluding carboxylic acids is 1. The number of carbonyl (C=O) groups is 1. The highest BCUT2D eigenvalue weighted by Crippen LogP contribution is 2.33. The molecule has 0 aliphatic rings. The first-order chi connectivity index (χ1) is 14.2. The minimum Gasteiger partial charge on any atom is -0.360 e. The van der Waals surface area contributed by atoms with Gasteiger partial charge in [-0.1, -0.05) is 71.5 Å². The van der Waals surface area contributed by atoms with Crippen LogP contribution in [0.4, 0.5) is 5.13 Å². The number of aromatic nitrogens is 2. The maximum Gasteiger partial charge on any atom is 0.262 e. The Labute approximate surface area is 176 Å². The number of hydrogen-bond acceptors (Lipinski definition) is 3. The molecule has 3 aromatic carbocycles. The molecule has 29 heavy (non-hydrogen) atoms. The van der Waals surface area contributed by atoms with Crippen molar-refractivity contribution in [1.29, 1.82) is 0 Å². The van der Waals surface area contributed by atoms with E-state index in [1.807, 2.05) is 72.8 Å². The van der Waals surface area contributed by atoms with Crippen molar-refractivity contribution in [3.05, 3.63) is 95.1 Å². The first-order valence-corrected chi connectivity index (χ1v) is 10.4. The topological polar surface area (TPSA) is 49.0 Å². The number of nitrogens with one attached hydrogen (secondary N) is 1. The van der Waals surface area contributed by atoms with Gasteiger partial charge in [-0.3, -0.25) is 9.69 Å². The first-order valence-electron chi connectivity index (χ1n) is 9.17. The van der Waals surface area contributed by atoms with Crippen LogP contribution in [0.15, 0.2) is 79.0 Å². The van der Waals surface area contributed by atoms with Crippen LogP contribution in [0.5, 0.6) is 0 Å². The molecule has 142 valence electrons. The Morgan fingerprint density at radius 1 is 1.03 bits per heavy atom. The van der Waals surface area contributed by atoms with Gasteiger partial charge in [0.15, 0.2) is 5.13 Å². The average Bonchev–Trinajstić information content (AvgIpc) is 3.36. The maximum atomic E-state index is 13.6. The van der Waals surface area contributed by atoms with Crippen LogP contribution in [-0.2, 0) is 6.54 Å². The molecule has 0 unspecified atom stereocenters. The number of rotatable bonds is 4. The smallest absolute Gasteiger partial charge is 0.262 e. The number of aromatic amines is 1. The summed E-state index contributed by atoms with van der Waals surface area (Å²) in [6.07, 6.45) is 1.77. The summed E-state index contributed by atoms with van der Waals surface area (Å²) >= 11 is 7.61. The summed E-state index contributed by atoms with van der Waals surface area (Å²) in [5.74, 6) is -0.0866. The van der Waals surface area contributed by atoms with E-state index in [1.54, 1.807) is 11.1 Å². The molecule has 2 aromatic heterocycles. The van der Waals surface area contributed by atoms with Gasteiger partial charge in [-0.25, -0.2) is 4.98 Å². The second-order valence-corrected chi connectivity index (χ2v) is 8.18. The molecule has 0 aliphatic heterocycles. The fraction of sp³-hybridized carbons (Fsp3) is 0.0435. The molecule has 1 amide bonds. The normalized spacial score (nSPS) is 11.2. The zero-order chi connectivity index (χ0) is 19.8. The zero-order valence-corrected chi connectivity index (χ0v) is 16.9. The number of nitrogens with zero attached hydrogens (tertiary/aromatic N) is 2. The Hall–Kier alpha value is -3.15. The number of anilines is 1. The standard InChI is InChI=1S/C23H16ClN3OS/c24-16-10-11-20-21(12-16)29-23(26-20)27(14-15-6-2-1-3-7-15)22(28)18-13-25-19-9-5-4-8-17(18)19/h1-13,25H,14H2. The molecule has 0 atom stereocenters. The van der Waals surface area contributed by atoms with E-state index >= 15 is 0 Å². The number of para-hydroxylation sites is 1. The Kier molecular flexibility index (Phi) is 4.54. The third kappa shape index (κ3) is 3.39. The van der Waals surface area contributed by atoms with E-state index < -0.39 is 0 Å². The van der Waals surface area contributed by atoms with Crippen LogP contribution in [0.3, 0.4) is 0 Å². The van der Waals surface area contributed by atoms with Gasteiger partial charge in [-0.2, -0.15) is 0 Å². The number of thiazole rings is 1. The lowest BCUT2D eigenvalue weighted by atomic mass is 10.1. The predicted octanol–water partition coefficient (Wildman–Crippen LogP) is 6.28. The lowest BCUT2D eigenvalue weighted by molar-refractivity contribution is 0.0986. The molecule has 0 spiro atoms. The number of amides is 1. The van der Waals surface area contributed by atoms with Crippen LogP contribution in [0, 0.1) is 0 Å². The third-order valence-electron chi connectivity index (χ3n) is 4.82. The molecule has 0 radical (unpaired) electrons. The second kappa shape index (κ2) is 7.35. The van der Waals surface area contributed by atoms with Gasteiger partial charge in [-0.15, -0.1) is 0 Å². The van der Waals surface area contributed by atoms with E-state index in [-0.39, 0.29) is 5.91 Å². The van der Waals surface area contributed by atoms with Crippen LogP contribution in [0.25, 0.3) is 21.1 Å². The predicted molar refractivity (Wildman–Crippen MR) is 120 cm³/mol. The molecular formula is C23H16ClN3OS. The molecule has 2 heterocycles. The molecule has 4 nitrogen and oxygen atoms in total. The first kappa shape index (κ1) is 17.9. The largest absolute Gasteiger partial charge is 0.360 e. The van der Waals surface area contributed by atoms with Gasteiger partial charge in [0.25, 0.3) is 5.91 Å². The van der Waals surface area contributed by atoms with Gasteiger partial charge in [-0.05, 0) is 29.8 Å². The van der Waals surface area contributed by atoms with Gasteiger partial charge >= 0.3 is 0 Å². The van der Waals surface area contributed by atoms with Gasteiger partial charge in [0.05, 0.1) is 22.3 Å². The van der Waals surface area contributed by atoms with Crippen molar-refractivity contribution in [1.82, 2.24) is 9.97 Å². The molecule has 5 rings (SSSR count). The van der Waals surface area contributed by atoms with E-state index in [1.165, 1.54) is 11.3 Å². The molecular weight excluding hydrogens is 402 g/mol. The van der Waals surface area contributed by atoms with Crippen LogP contribution in [0.1, 0.15) is 15.9 Å². The number of fused-ring (bicyclic) bond motifs is 2. The second-order valence-electron chi connectivity index (χ2n) is 6.73. The van der Waals surface area contributed by atoms with Crippen LogP contribution in [-0.4, -0.2) is 15.9 Å². The van der Waals surface area contributed by atoms with Gasteiger partial charge < -0.3 is 4.98 Å². The SMILES string of the molecule is O=C(c1c[nH]c2ccccc12)N(Cc1ccccc1)c1nc2ccc(Cl)cc2s1. The zero-order valence-electron chi connectivity index (χ0n) is 15.3. The molecule has 1 N–H and O–H groups in total. The molecule has 0 saturated carbocycles. The summed E-state index contributed by atoms with van der Waals surface area (Å²) in [7, 11) is 0. The van der Waals surface area contributed by atoms with Crippen LogP contribution >= 0.6 is 22.9 Å². The molecule has 6 heteroatoms.